The number of hydrogen-bond acceptors (Lipinski definition) is 4. The molecular formula is C18H25N5O. The summed E-state index contributed by atoms with van der Waals surface area (Å²) in [7, 11) is 0. The van der Waals surface area contributed by atoms with E-state index in [4.69, 9.17) is 0 Å². The third kappa shape index (κ3) is 4.00. The van der Waals surface area contributed by atoms with E-state index in [0.29, 0.717) is 11.9 Å². The van der Waals surface area contributed by atoms with Gasteiger partial charge in [0.05, 0.1) is 12.2 Å². The third-order valence-corrected chi connectivity index (χ3v) is 4.30. The topological polar surface area (TPSA) is 63.1 Å². The molecule has 6 heteroatoms. The highest BCUT2D eigenvalue weighted by Crippen LogP contribution is 2.23. The Morgan fingerprint density at radius 1 is 1.29 bits per heavy atom. The van der Waals surface area contributed by atoms with Crippen LogP contribution in [0.5, 0.6) is 0 Å². The molecule has 0 bridgehead atoms. The normalized spacial score (nSPS) is 18.7. The second kappa shape index (κ2) is 6.73. The van der Waals surface area contributed by atoms with E-state index in [0.717, 1.165) is 26.1 Å². The van der Waals surface area contributed by atoms with E-state index >= 15 is 0 Å². The highest BCUT2D eigenvalue weighted by Gasteiger charge is 2.26. The number of rotatable bonds is 4. The number of hydrogen-bond donors (Lipinski definition) is 1. The monoisotopic (exact) mass is 327 g/mol. The Bertz CT molecular complexity index is 689. The first-order valence-electron chi connectivity index (χ1n) is 8.41. The molecular weight excluding hydrogens is 302 g/mol. The molecule has 24 heavy (non-hydrogen) atoms. The van der Waals surface area contributed by atoms with Crippen LogP contribution in [0.3, 0.4) is 0 Å². The molecule has 1 aromatic carbocycles. The summed E-state index contributed by atoms with van der Waals surface area (Å²) in [5.74, 6) is 0.475. The zero-order valence-electron chi connectivity index (χ0n) is 14.6. The summed E-state index contributed by atoms with van der Waals surface area (Å²) in [6.45, 7) is 8.59. The molecule has 0 radical (unpaired) electrons. The molecule has 2 aromatic rings. The molecule has 1 amide bonds. The molecule has 3 rings (SSSR count). The van der Waals surface area contributed by atoms with Crippen molar-refractivity contribution in [1.29, 1.82) is 0 Å². The van der Waals surface area contributed by atoms with Crippen LogP contribution in [0.2, 0.25) is 0 Å². The van der Waals surface area contributed by atoms with Crippen LogP contribution in [0.15, 0.2) is 36.5 Å². The molecule has 1 unspecified atom stereocenters. The van der Waals surface area contributed by atoms with Crippen molar-refractivity contribution in [3.63, 3.8) is 0 Å². The highest BCUT2D eigenvalue weighted by atomic mass is 16.2. The van der Waals surface area contributed by atoms with E-state index in [-0.39, 0.29) is 5.91 Å². The summed E-state index contributed by atoms with van der Waals surface area (Å²) < 4.78 is 1.88. The van der Waals surface area contributed by atoms with Crippen LogP contribution in [0, 0.1) is 5.41 Å². The number of benzene rings is 1. The lowest BCUT2D eigenvalue weighted by Crippen LogP contribution is -2.27. The molecule has 1 N–H and O–H groups in total. The number of nitrogens with one attached hydrogen (secondary N) is 1. The van der Waals surface area contributed by atoms with Gasteiger partial charge in [-0.05, 0) is 12.0 Å². The fraction of sp³-hybridized carbons (Fsp3) is 0.500. The molecule has 1 aliphatic rings. The SMILES string of the molecule is CC(C)(C)C(=O)Nc1cn(C2CCN(Cc3ccccc3)C2)nn1. The number of carbonyl (C=O) groups excluding carboxylic acids is 1. The van der Waals surface area contributed by atoms with Crippen molar-refractivity contribution in [2.45, 2.75) is 39.8 Å². The summed E-state index contributed by atoms with van der Waals surface area (Å²) in [5, 5.41) is 11.1. The van der Waals surface area contributed by atoms with E-state index in [1.54, 1.807) is 0 Å². The van der Waals surface area contributed by atoms with E-state index in [9.17, 15) is 4.79 Å². The van der Waals surface area contributed by atoms with Gasteiger partial charge >= 0.3 is 0 Å². The quantitative estimate of drug-likeness (QED) is 0.938. The molecule has 1 atom stereocenters. The fourth-order valence-electron chi connectivity index (χ4n) is 2.83. The number of likely N-dealkylation sites (tertiary alicyclic amines) is 1. The van der Waals surface area contributed by atoms with Crippen molar-refractivity contribution in [2.75, 3.05) is 18.4 Å². The lowest BCUT2D eigenvalue weighted by atomic mass is 9.96. The zero-order valence-corrected chi connectivity index (χ0v) is 14.6. The van der Waals surface area contributed by atoms with Gasteiger partial charge in [-0.2, -0.15) is 0 Å². The molecule has 2 heterocycles. The Morgan fingerprint density at radius 3 is 2.75 bits per heavy atom. The lowest BCUT2D eigenvalue weighted by molar-refractivity contribution is -0.123. The minimum Gasteiger partial charge on any atom is -0.307 e. The first kappa shape index (κ1) is 16.6. The molecule has 1 fully saturated rings. The minimum absolute atomic E-state index is 0.0494. The van der Waals surface area contributed by atoms with E-state index in [2.05, 4.69) is 44.8 Å². The first-order valence-corrected chi connectivity index (χ1v) is 8.41. The van der Waals surface area contributed by atoms with Gasteiger partial charge in [-0.15, -0.1) is 5.10 Å². The fourth-order valence-corrected chi connectivity index (χ4v) is 2.83. The summed E-state index contributed by atoms with van der Waals surface area (Å²) >= 11 is 0. The van der Waals surface area contributed by atoms with E-state index < -0.39 is 5.41 Å². The molecule has 1 aliphatic heterocycles. The van der Waals surface area contributed by atoms with Gasteiger partial charge in [-0.3, -0.25) is 9.69 Å². The van der Waals surface area contributed by atoms with Gasteiger partial charge < -0.3 is 5.32 Å². The molecule has 128 valence electrons. The number of anilines is 1. The Kier molecular flexibility index (Phi) is 4.66. The van der Waals surface area contributed by atoms with Crippen molar-refractivity contribution in [3.05, 3.63) is 42.1 Å². The smallest absolute Gasteiger partial charge is 0.230 e. The zero-order chi connectivity index (χ0) is 17.2. The highest BCUT2D eigenvalue weighted by molar-refractivity contribution is 5.93. The van der Waals surface area contributed by atoms with Crippen LogP contribution >= 0.6 is 0 Å². The van der Waals surface area contributed by atoms with Gasteiger partial charge in [0.1, 0.15) is 0 Å². The van der Waals surface area contributed by atoms with Crippen molar-refractivity contribution >= 4 is 11.7 Å². The van der Waals surface area contributed by atoms with Crippen molar-refractivity contribution in [1.82, 2.24) is 19.9 Å². The van der Waals surface area contributed by atoms with Gasteiger partial charge in [0.25, 0.3) is 0 Å². The maximum Gasteiger partial charge on any atom is 0.230 e. The molecule has 1 aromatic heterocycles. The van der Waals surface area contributed by atoms with Crippen LogP contribution in [0.25, 0.3) is 0 Å². The van der Waals surface area contributed by atoms with E-state index in [1.165, 1.54) is 5.56 Å². The molecule has 0 saturated carbocycles. The molecule has 6 nitrogen and oxygen atoms in total. The second-order valence-electron chi connectivity index (χ2n) is 7.45. The lowest BCUT2D eigenvalue weighted by Gasteiger charge is -2.16. The molecule has 0 spiro atoms. The summed E-state index contributed by atoms with van der Waals surface area (Å²) in [4.78, 5) is 14.4. The van der Waals surface area contributed by atoms with Crippen molar-refractivity contribution < 1.29 is 4.79 Å². The maximum absolute atomic E-state index is 12.0. The van der Waals surface area contributed by atoms with Crippen LogP contribution in [0.1, 0.15) is 38.8 Å². The second-order valence-corrected chi connectivity index (χ2v) is 7.45. The van der Waals surface area contributed by atoms with E-state index in [1.807, 2.05) is 37.7 Å². The predicted molar refractivity (Wildman–Crippen MR) is 93.5 cm³/mol. The number of carbonyl (C=O) groups is 1. The predicted octanol–water partition coefficient (Wildman–Crippen LogP) is 2.71. The average molecular weight is 327 g/mol. The Balaban J connectivity index is 1.57. The number of amides is 1. The minimum atomic E-state index is -0.441. The molecule has 1 saturated heterocycles. The van der Waals surface area contributed by atoms with Gasteiger partial charge in [0.2, 0.25) is 5.91 Å². The standard InChI is InChI=1S/C18H25N5O/c1-18(2,3)17(24)19-16-13-23(21-20-16)15-9-10-22(12-15)11-14-7-5-4-6-8-14/h4-8,13,15H,9-12H2,1-3H3,(H,19,24). The Labute approximate surface area is 142 Å². The van der Waals surface area contributed by atoms with Gasteiger partial charge in [-0.25, -0.2) is 4.68 Å². The Hall–Kier alpha value is -2.21. The average Bonchev–Trinajstić information content (AvgIpc) is 3.16. The summed E-state index contributed by atoms with van der Waals surface area (Å²) in [5.41, 5.74) is 0.888. The first-order chi connectivity index (χ1) is 11.4. The van der Waals surface area contributed by atoms with Crippen LogP contribution in [-0.2, 0) is 11.3 Å². The van der Waals surface area contributed by atoms with Crippen LogP contribution < -0.4 is 5.32 Å². The summed E-state index contributed by atoms with van der Waals surface area (Å²) in [6.07, 6.45) is 2.88. The van der Waals surface area contributed by atoms with Gasteiger partial charge in [-0.1, -0.05) is 56.3 Å². The summed E-state index contributed by atoms with van der Waals surface area (Å²) in [6, 6.07) is 10.8. The van der Waals surface area contributed by atoms with Crippen LogP contribution in [0.4, 0.5) is 5.82 Å². The van der Waals surface area contributed by atoms with Crippen molar-refractivity contribution in [3.8, 4) is 0 Å². The molecule has 0 aliphatic carbocycles. The number of nitrogens with zero attached hydrogens (tertiary/aromatic N) is 4. The van der Waals surface area contributed by atoms with Crippen LogP contribution in [-0.4, -0.2) is 38.9 Å². The maximum atomic E-state index is 12.0. The van der Waals surface area contributed by atoms with Gasteiger partial charge in [0, 0.05) is 25.0 Å². The largest absolute Gasteiger partial charge is 0.307 e. The van der Waals surface area contributed by atoms with Crippen molar-refractivity contribution in [2.24, 2.45) is 5.41 Å². The number of aromatic nitrogens is 3. The Morgan fingerprint density at radius 2 is 2.04 bits per heavy atom. The third-order valence-electron chi connectivity index (χ3n) is 4.30. The van der Waals surface area contributed by atoms with Gasteiger partial charge in [0.15, 0.2) is 5.82 Å².